The van der Waals surface area contributed by atoms with Gasteiger partial charge < -0.3 is 10.6 Å². The molecular formula is C16H30N2O2. The molecule has 0 aromatic rings. The Balaban J connectivity index is 0. The van der Waals surface area contributed by atoms with E-state index in [2.05, 4.69) is 44.6 Å². The average molecular weight is 282 g/mol. The molecule has 0 atom stereocenters. The number of likely N-dealkylation sites (N-methyl/N-ethyl adjacent to an activating group) is 1. The second-order valence-electron chi connectivity index (χ2n) is 6.41. The van der Waals surface area contributed by atoms with Crippen LogP contribution in [0.5, 0.6) is 0 Å². The molecule has 0 aliphatic rings. The van der Waals surface area contributed by atoms with Gasteiger partial charge in [-0.25, -0.2) is 0 Å². The fourth-order valence-electron chi connectivity index (χ4n) is 2.00. The summed E-state index contributed by atoms with van der Waals surface area (Å²) in [7, 11) is 0. The van der Waals surface area contributed by atoms with Crippen LogP contribution in [0, 0.1) is 5.41 Å². The number of carbonyl (C=O) groups is 2. The zero-order valence-electron chi connectivity index (χ0n) is 13.8. The van der Waals surface area contributed by atoms with Gasteiger partial charge in [-0.15, -0.1) is 0 Å². The Hall–Kier alpha value is -1.58. The molecule has 4 nitrogen and oxygen atoms in total. The highest BCUT2D eigenvalue weighted by Crippen LogP contribution is 2.26. The normalized spacial score (nSPS) is 10.7. The van der Waals surface area contributed by atoms with Gasteiger partial charge in [-0.05, 0) is 44.8 Å². The van der Waals surface area contributed by atoms with E-state index in [-0.39, 0.29) is 22.8 Å². The van der Waals surface area contributed by atoms with Gasteiger partial charge in [-0.1, -0.05) is 33.9 Å². The van der Waals surface area contributed by atoms with Crippen molar-refractivity contribution in [2.24, 2.45) is 5.41 Å². The minimum Gasteiger partial charge on any atom is -0.353 e. The van der Waals surface area contributed by atoms with Crippen LogP contribution in [-0.4, -0.2) is 23.9 Å². The van der Waals surface area contributed by atoms with Crippen LogP contribution in [0.1, 0.15) is 48.0 Å². The monoisotopic (exact) mass is 282 g/mol. The van der Waals surface area contributed by atoms with Crippen LogP contribution in [0.4, 0.5) is 0 Å². The number of amides is 2. The Labute approximate surface area is 123 Å². The molecule has 0 aromatic heterocycles. The first-order valence-electron chi connectivity index (χ1n) is 6.82. The zero-order valence-corrected chi connectivity index (χ0v) is 13.8. The van der Waals surface area contributed by atoms with Crippen LogP contribution >= 0.6 is 0 Å². The molecule has 0 saturated carbocycles. The van der Waals surface area contributed by atoms with Gasteiger partial charge in [0.1, 0.15) is 0 Å². The lowest BCUT2D eigenvalue weighted by Crippen LogP contribution is -2.45. The van der Waals surface area contributed by atoms with Gasteiger partial charge in [0.25, 0.3) is 0 Å². The predicted molar refractivity (Wildman–Crippen MR) is 85.4 cm³/mol. The molecule has 0 bridgehead atoms. The first-order chi connectivity index (χ1) is 8.97. The van der Waals surface area contributed by atoms with E-state index >= 15 is 0 Å². The SMILES string of the molecule is C=CC(=O)NC(C)(C)CC(C)(C)C.C=CC(=O)NCC. The Kier molecular flexibility index (Phi) is 9.69. The van der Waals surface area contributed by atoms with Crippen LogP contribution in [0.3, 0.4) is 0 Å². The number of hydrogen-bond acceptors (Lipinski definition) is 2. The van der Waals surface area contributed by atoms with Gasteiger partial charge in [-0.2, -0.15) is 0 Å². The maximum atomic E-state index is 11.1. The van der Waals surface area contributed by atoms with Crippen molar-refractivity contribution >= 4 is 11.8 Å². The molecule has 0 spiro atoms. The maximum Gasteiger partial charge on any atom is 0.243 e. The largest absolute Gasteiger partial charge is 0.353 e. The van der Waals surface area contributed by atoms with E-state index in [0.717, 1.165) is 6.42 Å². The third-order valence-electron chi connectivity index (χ3n) is 2.16. The van der Waals surface area contributed by atoms with E-state index in [4.69, 9.17) is 0 Å². The summed E-state index contributed by atoms with van der Waals surface area (Å²) in [6, 6.07) is 0. The average Bonchev–Trinajstić information content (AvgIpc) is 2.26. The van der Waals surface area contributed by atoms with Crippen molar-refractivity contribution < 1.29 is 9.59 Å². The minimum atomic E-state index is -0.163. The molecule has 0 fully saturated rings. The van der Waals surface area contributed by atoms with Crippen LogP contribution in [0.2, 0.25) is 0 Å². The van der Waals surface area contributed by atoms with Crippen LogP contribution in [-0.2, 0) is 9.59 Å². The molecule has 0 radical (unpaired) electrons. The predicted octanol–water partition coefficient (Wildman–Crippen LogP) is 2.81. The lowest BCUT2D eigenvalue weighted by Gasteiger charge is -2.32. The molecule has 0 aliphatic heterocycles. The van der Waals surface area contributed by atoms with Gasteiger partial charge in [-0.3, -0.25) is 9.59 Å². The molecule has 116 valence electrons. The van der Waals surface area contributed by atoms with Gasteiger partial charge in [0.05, 0.1) is 0 Å². The summed E-state index contributed by atoms with van der Waals surface area (Å²) < 4.78 is 0. The van der Waals surface area contributed by atoms with Crippen LogP contribution in [0.15, 0.2) is 25.3 Å². The third-order valence-corrected chi connectivity index (χ3v) is 2.16. The second kappa shape index (κ2) is 9.34. The fraction of sp³-hybridized carbons (Fsp3) is 0.625. The number of hydrogen-bond donors (Lipinski definition) is 2. The Morgan fingerprint density at radius 2 is 1.45 bits per heavy atom. The summed E-state index contributed by atoms with van der Waals surface area (Å²) in [4.78, 5) is 21.3. The van der Waals surface area contributed by atoms with E-state index in [0.29, 0.717) is 6.54 Å². The molecule has 2 N–H and O–H groups in total. The third kappa shape index (κ3) is 14.5. The van der Waals surface area contributed by atoms with Gasteiger partial charge in [0.15, 0.2) is 0 Å². The highest BCUT2D eigenvalue weighted by Gasteiger charge is 2.25. The van der Waals surface area contributed by atoms with Crippen molar-refractivity contribution in [2.45, 2.75) is 53.5 Å². The van der Waals surface area contributed by atoms with Gasteiger partial charge in [0, 0.05) is 12.1 Å². The lowest BCUT2D eigenvalue weighted by atomic mass is 9.82. The fourth-order valence-corrected chi connectivity index (χ4v) is 2.00. The van der Waals surface area contributed by atoms with Crippen molar-refractivity contribution in [2.75, 3.05) is 6.54 Å². The van der Waals surface area contributed by atoms with E-state index in [1.165, 1.54) is 12.2 Å². The molecule has 20 heavy (non-hydrogen) atoms. The molecule has 4 heteroatoms. The molecule has 0 heterocycles. The maximum absolute atomic E-state index is 11.1. The lowest BCUT2D eigenvalue weighted by molar-refractivity contribution is -0.118. The van der Waals surface area contributed by atoms with Crippen molar-refractivity contribution in [3.63, 3.8) is 0 Å². The van der Waals surface area contributed by atoms with Gasteiger partial charge in [0.2, 0.25) is 11.8 Å². The number of rotatable bonds is 5. The van der Waals surface area contributed by atoms with Gasteiger partial charge >= 0.3 is 0 Å². The smallest absolute Gasteiger partial charge is 0.243 e. The molecular weight excluding hydrogens is 252 g/mol. The van der Waals surface area contributed by atoms with E-state index in [9.17, 15) is 9.59 Å². The number of nitrogens with one attached hydrogen (secondary N) is 2. The topological polar surface area (TPSA) is 58.2 Å². The van der Waals surface area contributed by atoms with Crippen molar-refractivity contribution in [3.8, 4) is 0 Å². The van der Waals surface area contributed by atoms with E-state index < -0.39 is 0 Å². The van der Waals surface area contributed by atoms with E-state index in [1.54, 1.807) is 0 Å². The summed E-state index contributed by atoms with van der Waals surface area (Å²) >= 11 is 0. The summed E-state index contributed by atoms with van der Waals surface area (Å²) in [6.45, 7) is 19.8. The Morgan fingerprint density at radius 3 is 1.70 bits per heavy atom. The van der Waals surface area contributed by atoms with Crippen molar-refractivity contribution in [3.05, 3.63) is 25.3 Å². The molecule has 0 saturated heterocycles. The highest BCUT2D eigenvalue weighted by atomic mass is 16.2. The highest BCUT2D eigenvalue weighted by molar-refractivity contribution is 5.87. The summed E-state index contributed by atoms with van der Waals surface area (Å²) in [5, 5.41) is 5.44. The first-order valence-corrected chi connectivity index (χ1v) is 6.82. The first kappa shape index (κ1) is 20.7. The van der Waals surface area contributed by atoms with E-state index in [1.807, 2.05) is 20.8 Å². The van der Waals surface area contributed by atoms with Crippen LogP contribution in [0.25, 0.3) is 0 Å². The molecule has 0 rings (SSSR count). The number of carbonyl (C=O) groups excluding carboxylic acids is 2. The summed E-state index contributed by atoms with van der Waals surface area (Å²) in [5.74, 6) is -0.211. The van der Waals surface area contributed by atoms with Crippen molar-refractivity contribution in [1.29, 1.82) is 0 Å². The quantitative estimate of drug-likeness (QED) is 0.762. The van der Waals surface area contributed by atoms with Crippen LogP contribution < -0.4 is 10.6 Å². The second-order valence-corrected chi connectivity index (χ2v) is 6.41. The molecule has 0 aromatic carbocycles. The molecule has 2 amide bonds. The van der Waals surface area contributed by atoms with Crippen molar-refractivity contribution in [1.82, 2.24) is 10.6 Å². The zero-order chi connectivity index (χ0) is 16.4. The summed E-state index contributed by atoms with van der Waals surface area (Å²) in [5.41, 5.74) is 0.0570. The Morgan fingerprint density at radius 1 is 1.00 bits per heavy atom. The Bertz CT molecular complexity index is 339. The molecule has 0 unspecified atom stereocenters. The minimum absolute atomic E-state index is 0.103. The molecule has 0 aliphatic carbocycles. The summed E-state index contributed by atoms with van der Waals surface area (Å²) in [6.07, 6.45) is 3.51. The standard InChI is InChI=1S/C11H21NO.C5H9NO/c1-7-9(13)12-11(5,6)8-10(2,3)4;1-3-5(7)6-4-2/h7H,1,8H2,2-6H3,(H,12,13);3H,1,4H2,2H3,(H,6,7).